The Morgan fingerprint density at radius 2 is 1.81 bits per heavy atom. The van der Waals surface area contributed by atoms with Crippen molar-refractivity contribution in [3.05, 3.63) is 65.5 Å². The second-order valence-corrected chi connectivity index (χ2v) is 5.75. The summed E-state index contributed by atoms with van der Waals surface area (Å²) in [6.07, 6.45) is 2.12. The molecule has 2 rings (SSSR count). The summed E-state index contributed by atoms with van der Waals surface area (Å²) in [6.45, 7) is 0.530. The van der Waals surface area contributed by atoms with Gasteiger partial charge in [0.05, 0.1) is 6.42 Å². The SMILES string of the molecule is CSc1ccc(CN(C)C(=O)Cc2ccccc2F)cc1. The molecule has 0 fully saturated rings. The van der Waals surface area contributed by atoms with E-state index in [1.807, 2.05) is 30.5 Å². The summed E-state index contributed by atoms with van der Waals surface area (Å²) in [4.78, 5) is 15.0. The zero-order chi connectivity index (χ0) is 15.2. The van der Waals surface area contributed by atoms with Crippen molar-refractivity contribution < 1.29 is 9.18 Å². The Balaban J connectivity index is 1.97. The number of nitrogens with zero attached hydrogens (tertiary/aromatic N) is 1. The van der Waals surface area contributed by atoms with Crippen molar-refractivity contribution in [3.63, 3.8) is 0 Å². The van der Waals surface area contributed by atoms with Crippen LogP contribution in [0.2, 0.25) is 0 Å². The third kappa shape index (κ3) is 4.33. The number of amides is 1. The van der Waals surface area contributed by atoms with Crippen molar-refractivity contribution in [2.45, 2.75) is 17.9 Å². The minimum absolute atomic E-state index is 0.0888. The largest absolute Gasteiger partial charge is 0.341 e. The van der Waals surface area contributed by atoms with Crippen LogP contribution < -0.4 is 0 Å². The van der Waals surface area contributed by atoms with Gasteiger partial charge in [0.2, 0.25) is 5.91 Å². The molecule has 0 unspecified atom stereocenters. The fourth-order valence-electron chi connectivity index (χ4n) is 2.03. The first-order valence-electron chi connectivity index (χ1n) is 6.70. The maximum absolute atomic E-state index is 13.6. The average Bonchev–Trinajstić information content (AvgIpc) is 2.50. The zero-order valence-electron chi connectivity index (χ0n) is 12.2. The van der Waals surface area contributed by atoms with Crippen molar-refractivity contribution in [1.29, 1.82) is 0 Å². The van der Waals surface area contributed by atoms with E-state index in [0.29, 0.717) is 12.1 Å². The van der Waals surface area contributed by atoms with E-state index < -0.39 is 0 Å². The van der Waals surface area contributed by atoms with Gasteiger partial charge in [0.15, 0.2) is 0 Å². The van der Waals surface area contributed by atoms with E-state index in [2.05, 4.69) is 0 Å². The number of carbonyl (C=O) groups is 1. The quantitative estimate of drug-likeness (QED) is 0.784. The second-order valence-electron chi connectivity index (χ2n) is 4.87. The minimum Gasteiger partial charge on any atom is -0.341 e. The molecule has 0 atom stereocenters. The highest BCUT2D eigenvalue weighted by atomic mass is 32.2. The Labute approximate surface area is 129 Å². The molecule has 110 valence electrons. The molecule has 0 aliphatic carbocycles. The molecule has 0 heterocycles. The smallest absolute Gasteiger partial charge is 0.227 e. The van der Waals surface area contributed by atoms with Crippen LogP contribution in [0.15, 0.2) is 53.4 Å². The lowest BCUT2D eigenvalue weighted by Gasteiger charge is -2.17. The monoisotopic (exact) mass is 303 g/mol. The molecule has 0 radical (unpaired) electrons. The summed E-state index contributed by atoms with van der Waals surface area (Å²) in [5.74, 6) is -0.419. The van der Waals surface area contributed by atoms with Crippen LogP contribution in [0.1, 0.15) is 11.1 Å². The number of benzene rings is 2. The van der Waals surface area contributed by atoms with Gasteiger partial charge in [0.25, 0.3) is 0 Å². The van der Waals surface area contributed by atoms with Crippen molar-refractivity contribution in [3.8, 4) is 0 Å². The molecule has 21 heavy (non-hydrogen) atoms. The normalized spacial score (nSPS) is 10.4. The first-order chi connectivity index (χ1) is 10.1. The fourth-order valence-corrected chi connectivity index (χ4v) is 2.44. The zero-order valence-corrected chi connectivity index (χ0v) is 13.0. The highest BCUT2D eigenvalue weighted by molar-refractivity contribution is 7.98. The van der Waals surface area contributed by atoms with Crippen molar-refractivity contribution in [2.24, 2.45) is 0 Å². The molecule has 0 saturated heterocycles. The van der Waals surface area contributed by atoms with Crippen molar-refractivity contribution in [2.75, 3.05) is 13.3 Å². The molecule has 0 N–H and O–H groups in total. The number of likely N-dealkylation sites (N-methyl/N-ethyl adjacent to an activating group) is 1. The fraction of sp³-hybridized carbons (Fsp3) is 0.235. The highest BCUT2D eigenvalue weighted by Gasteiger charge is 2.12. The van der Waals surface area contributed by atoms with Crippen molar-refractivity contribution >= 4 is 17.7 Å². The summed E-state index contributed by atoms with van der Waals surface area (Å²) in [7, 11) is 1.74. The van der Waals surface area contributed by atoms with Gasteiger partial charge >= 0.3 is 0 Å². The van der Waals surface area contributed by atoms with Crippen LogP contribution in [0.3, 0.4) is 0 Å². The van der Waals surface area contributed by atoms with E-state index in [0.717, 1.165) is 5.56 Å². The van der Waals surface area contributed by atoms with Gasteiger partial charge in [-0.25, -0.2) is 4.39 Å². The van der Waals surface area contributed by atoms with Crippen LogP contribution in [0.25, 0.3) is 0 Å². The van der Waals surface area contributed by atoms with E-state index in [1.54, 1.807) is 41.9 Å². The summed E-state index contributed by atoms with van der Waals surface area (Å²) in [5.41, 5.74) is 1.50. The Morgan fingerprint density at radius 3 is 2.43 bits per heavy atom. The lowest BCUT2D eigenvalue weighted by atomic mass is 10.1. The van der Waals surface area contributed by atoms with Crippen LogP contribution in [-0.2, 0) is 17.8 Å². The molecule has 2 aromatic rings. The molecule has 2 nitrogen and oxygen atoms in total. The predicted octanol–water partition coefficient (Wildman–Crippen LogP) is 3.75. The molecule has 1 amide bonds. The second kappa shape index (κ2) is 7.27. The summed E-state index contributed by atoms with van der Waals surface area (Å²) in [5, 5.41) is 0. The molecular weight excluding hydrogens is 285 g/mol. The van der Waals surface area contributed by atoms with E-state index in [4.69, 9.17) is 0 Å². The van der Waals surface area contributed by atoms with Crippen LogP contribution in [0.4, 0.5) is 4.39 Å². The van der Waals surface area contributed by atoms with E-state index in [1.165, 1.54) is 11.0 Å². The number of carbonyl (C=O) groups excluding carboxylic acids is 1. The number of hydrogen-bond acceptors (Lipinski definition) is 2. The summed E-state index contributed by atoms with van der Waals surface area (Å²) < 4.78 is 13.6. The van der Waals surface area contributed by atoms with Gasteiger partial charge in [0.1, 0.15) is 5.82 Å². The van der Waals surface area contributed by atoms with E-state index >= 15 is 0 Å². The Hall–Kier alpha value is -1.81. The van der Waals surface area contributed by atoms with Crippen LogP contribution in [0.5, 0.6) is 0 Å². The van der Waals surface area contributed by atoms with Crippen LogP contribution in [-0.4, -0.2) is 24.1 Å². The van der Waals surface area contributed by atoms with Gasteiger partial charge in [-0.3, -0.25) is 4.79 Å². The van der Waals surface area contributed by atoms with Gasteiger partial charge in [-0.1, -0.05) is 30.3 Å². The molecular formula is C17H18FNOS. The summed E-state index contributed by atoms with van der Waals surface area (Å²) >= 11 is 1.68. The molecule has 4 heteroatoms. The predicted molar refractivity (Wildman–Crippen MR) is 84.8 cm³/mol. The molecule has 0 aliphatic heterocycles. The maximum atomic E-state index is 13.6. The lowest BCUT2D eigenvalue weighted by Crippen LogP contribution is -2.28. The number of rotatable bonds is 5. The van der Waals surface area contributed by atoms with Gasteiger partial charge < -0.3 is 4.90 Å². The standard InChI is InChI=1S/C17H18FNOS/c1-19(12-13-7-9-15(21-2)10-8-13)17(20)11-14-5-3-4-6-16(14)18/h3-10H,11-12H2,1-2H3. The number of halogens is 1. The molecule has 0 saturated carbocycles. The number of hydrogen-bond donors (Lipinski definition) is 0. The Kier molecular flexibility index (Phi) is 5.39. The number of thioether (sulfide) groups is 1. The molecule has 0 aromatic heterocycles. The average molecular weight is 303 g/mol. The van der Waals surface area contributed by atoms with Gasteiger partial charge in [-0.05, 0) is 35.6 Å². The Morgan fingerprint density at radius 1 is 1.14 bits per heavy atom. The first-order valence-corrected chi connectivity index (χ1v) is 7.93. The van der Waals surface area contributed by atoms with E-state index in [-0.39, 0.29) is 18.1 Å². The first kappa shape index (κ1) is 15.6. The lowest BCUT2D eigenvalue weighted by molar-refractivity contribution is -0.129. The maximum Gasteiger partial charge on any atom is 0.227 e. The van der Waals surface area contributed by atoms with Gasteiger partial charge in [-0.15, -0.1) is 11.8 Å². The summed E-state index contributed by atoms with van der Waals surface area (Å²) in [6, 6.07) is 14.5. The molecule has 2 aromatic carbocycles. The van der Waals surface area contributed by atoms with Crippen LogP contribution in [0, 0.1) is 5.82 Å². The highest BCUT2D eigenvalue weighted by Crippen LogP contribution is 2.16. The minimum atomic E-state index is -0.330. The molecule has 0 spiro atoms. The topological polar surface area (TPSA) is 20.3 Å². The third-order valence-corrected chi connectivity index (χ3v) is 4.05. The van der Waals surface area contributed by atoms with E-state index in [9.17, 15) is 9.18 Å². The third-order valence-electron chi connectivity index (χ3n) is 3.30. The molecule has 0 bridgehead atoms. The van der Waals surface area contributed by atoms with Gasteiger partial charge in [0, 0.05) is 18.5 Å². The van der Waals surface area contributed by atoms with Gasteiger partial charge in [-0.2, -0.15) is 0 Å². The van der Waals surface area contributed by atoms with Crippen LogP contribution >= 0.6 is 11.8 Å². The molecule has 0 aliphatic rings. The Bertz CT molecular complexity index is 612. The van der Waals surface area contributed by atoms with Crippen molar-refractivity contribution in [1.82, 2.24) is 4.90 Å².